The lowest BCUT2D eigenvalue weighted by molar-refractivity contribution is -0.117. The number of aliphatic hydroxyl groups excluding tert-OH is 1. The van der Waals surface area contributed by atoms with E-state index >= 15 is 0 Å². The molecule has 214 valence electrons. The Morgan fingerprint density at radius 2 is 1.79 bits per heavy atom. The summed E-state index contributed by atoms with van der Waals surface area (Å²) in [7, 11) is 0. The van der Waals surface area contributed by atoms with Crippen molar-refractivity contribution in [3.8, 4) is 5.75 Å². The molecule has 0 spiro atoms. The van der Waals surface area contributed by atoms with Crippen LogP contribution in [0.4, 0.5) is 5.69 Å². The van der Waals surface area contributed by atoms with Crippen molar-refractivity contribution in [2.45, 2.75) is 97.4 Å². The quantitative estimate of drug-likeness (QED) is 0.294. The second-order valence-electron chi connectivity index (χ2n) is 11.5. The van der Waals surface area contributed by atoms with Crippen LogP contribution < -0.4 is 20.3 Å². The standard InChI is InChI=1S/C32H47N3O4/c1-22(2)11-9-12-24(5)33-21-30(36)29(17-25-13-7-6-8-14-25)34-32(38)26-18-27(35-16-10-15-31(35)37)20-28(19-26)39-23(3)4/h6-8,13-14,18-20,22-24,29-30,33,36H,9-12,15-17,21H2,1-5H3,(H,34,38)/t24?,29-,30-/m0/s1. The van der Waals surface area contributed by atoms with Crippen molar-refractivity contribution in [3.63, 3.8) is 0 Å². The molecule has 0 bridgehead atoms. The van der Waals surface area contributed by atoms with Gasteiger partial charge in [-0.25, -0.2) is 0 Å². The molecule has 2 aromatic rings. The SMILES string of the molecule is CC(C)CCCC(C)NC[C@H](O)[C@H](Cc1ccccc1)NC(=O)c1cc(OC(C)C)cc(N2CCCC2=O)c1. The predicted octanol–water partition coefficient (Wildman–Crippen LogP) is 5.11. The van der Waals surface area contributed by atoms with Crippen LogP contribution in [0, 0.1) is 5.92 Å². The first-order chi connectivity index (χ1) is 18.6. The van der Waals surface area contributed by atoms with E-state index < -0.39 is 12.1 Å². The van der Waals surface area contributed by atoms with Crippen LogP contribution in [0.5, 0.6) is 5.75 Å². The molecule has 1 aliphatic heterocycles. The van der Waals surface area contributed by atoms with Gasteiger partial charge in [0.05, 0.1) is 18.2 Å². The van der Waals surface area contributed by atoms with E-state index in [9.17, 15) is 14.7 Å². The summed E-state index contributed by atoms with van der Waals surface area (Å²) in [6.07, 6.45) is 4.31. The van der Waals surface area contributed by atoms with E-state index in [-0.39, 0.29) is 24.0 Å². The third-order valence-electron chi connectivity index (χ3n) is 7.08. The molecule has 1 heterocycles. The van der Waals surface area contributed by atoms with Crippen molar-refractivity contribution < 1.29 is 19.4 Å². The van der Waals surface area contributed by atoms with Gasteiger partial charge in [0, 0.05) is 42.9 Å². The molecule has 3 atom stereocenters. The van der Waals surface area contributed by atoms with E-state index in [1.54, 1.807) is 17.0 Å². The molecule has 3 rings (SSSR count). The van der Waals surface area contributed by atoms with Crippen molar-refractivity contribution in [2.75, 3.05) is 18.0 Å². The smallest absolute Gasteiger partial charge is 0.251 e. The molecule has 0 saturated carbocycles. The van der Waals surface area contributed by atoms with E-state index in [1.165, 1.54) is 6.42 Å². The minimum Gasteiger partial charge on any atom is -0.491 e. The second-order valence-corrected chi connectivity index (χ2v) is 11.5. The fraction of sp³-hybridized carbons (Fsp3) is 0.562. The first-order valence-electron chi connectivity index (χ1n) is 14.5. The summed E-state index contributed by atoms with van der Waals surface area (Å²) in [4.78, 5) is 27.7. The number of aliphatic hydroxyl groups is 1. The van der Waals surface area contributed by atoms with Crippen LogP contribution in [0.1, 0.15) is 82.6 Å². The lowest BCUT2D eigenvalue weighted by atomic mass is 9.99. The van der Waals surface area contributed by atoms with Crippen molar-refractivity contribution in [1.82, 2.24) is 10.6 Å². The lowest BCUT2D eigenvalue weighted by Gasteiger charge is -2.27. The van der Waals surface area contributed by atoms with Crippen molar-refractivity contribution in [2.24, 2.45) is 5.92 Å². The number of ether oxygens (including phenoxy) is 1. The van der Waals surface area contributed by atoms with Crippen molar-refractivity contribution in [3.05, 3.63) is 59.7 Å². The van der Waals surface area contributed by atoms with E-state index in [0.29, 0.717) is 48.8 Å². The number of nitrogens with zero attached hydrogens (tertiary/aromatic N) is 1. The number of amides is 2. The zero-order chi connectivity index (χ0) is 28.4. The maximum Gasteiger partial charge on any atom is 0.251 e. The van der Waals surface area contributed by atoms with Gasteiger partial charge in [-0.05, 0) is 63.6 Å². The highest BCUT2D eigenvalue weighted by Crippen LogP contribution is 2.28. The number of anilines is 1. The maximum atomic E-state index is 13.6. The van der Waals surface area contributed by atoms with Crippen LogP contribution in [0.15, 0.2) is 48.5 Å². The van der Waals surface area contributed by atoms with Crippen LogP contribution in [-0.4, -0.2) is 54.3 Å². The van der Waals surface area contributed by atoms with Crippen LogP contribution in [0.25, 0.3) is 0 Å². The van der Waals surface area contributed by atoms with Gasteiger partial charge in [0.25, 0.3) is 5.91 Å². The van der Waals surface area contributed by atoms with Gasteiger partial charge < -0.3 is 25.4 Å². The number of nitrogens with one attached hydrogen (secondary N) is 2. The summed E-state index contributed by atoms with van der Waals surface area (Å²) < 4.78 is 5.92. The van der Waals surface area contributed by atoms with Gasteiger partial charge in [0.2, 0.25) is 5.91 Å². The van der Waals surface area contributed by atoms with Gasteiger partial charge in [0.1, 0.15) is 5.75 Å². The monoisotopic (exact) mass is 537 g/mol. The normalized spacial score (nSPS) is 16.0. The van der Waals surface area contributed by atoms with Gasteiger partial charge in [-0.2, -0.15) is 0 Å². The molecule has 0 aromatic heterocycles. The largest absolute Gasteiger partial charge is 0.491 e. The summed E-state index contributed by atoms with van der Waals surface area (Å²) in [6, 6.07) is 14.9. The highest BCUT2D eigenvalue weighted by atomic mass is 16.5. The molecule has 7 heteroatoms. The molecule has 0 aliphatic carbocycles. The minimum atomic E-state index is -0.781. The molecular formula is C32H47N3O4. The Hall–Kier alpha value is -2.90. The molecule has 0 radical (unpaired) electrons. The Kier molecular flexibility index (Phi) is 11.8. The fourth-order valence-corrected chi connectivity index (χ4v) is 4.93. The van der Waals surface area contributed by atoms with Crippen LogP contribution in [0.2, 0.25) is 0 Å². The molecule has 7 nitrogen and oxygen atoms in total. The van der Waals surface area contributed by atoms with E-state index in [2.05, 4.69) is 31.4 Å². The summed E-state index contributed by atoms with van der Waals surface area (Å²) in [6.45, 7) is 11.5. The average molecular weight is 538 g/mol. The summed E-state index contributed by atoms with van der Waals surface area (Å²) in [5, 5.41) is 17.7. The van der Waals surface area contributed by atoms with Crippen molar-refractivity contribution in [1.29, 1.82) is 0 Å². The lowest BCUT2D eigenvalue weighted by Crippen LogP contribution is -2.49. The Balaban J connectivity index is 1.76. The van der Waals surface area contributed by atoms with Gasteiger partial charge in [0.15, 0.2) is 0 Å². The Morgan fingerprint density at radius 3 is 2.44 bits per heavy atom. The van der Waals surface area contributed by atoms with Gasteiger partial charge >= 0.3 is 0 Å². The van der Waals surface area contributed by atoms with E-state index in [0.717, 1.165) is 24.8 Å². The first-order valence-corrected chi connectivity index (χ1v) is 14.5. The fourth-order valence-electron chi connectivity index (χ4n) is 4.93. The highest BCUT2D eigenvalue weighted by Gasteiger charge is 2.26. The minimum absolute atomic E-state index is 0.0500. The Morgan fingerprint density at radius 1 is 1.05 bits per heavy atom. The van der Waals surface area contributed by atoms with Gasteiger partial charge in [-0.3, -0.25) is 9.59 Å². The molecule has 1 unspecified atom stereocenters. The predicted molar refractivity (Wildman–Crippen MR) is 157 cm³/mol. The summed E-state index contributed by atoms with van der Waals surface area (Å²) >= 11 is 0. The third-order valence-corrected chi connectivity index (χ3v) is 7.08. The number of hydrogen-bond donors (Lipinski definition) is 3. The van der Waals surface area contributed by atoms with Crippen LogP contribution in [0.3, 0.4) is 0 Å². The molecule has 3 N–H and O–H groups in total. The number of carbonyl (C=O) groups is 2. The van der Waals surface area contributed by atoms with Gasteiger partial charge in [-0.1, -0.05) is 57.0 Å². The maximum absolute atomic E-state index is 13.6. The highest BCUT2D eigenvalue weighted by molar-refractivity contribution is 5.99. The van der Waals surface area contributed by atoms with Crippen LogP contribution >= 0.6 is 0 Å². The van der Waals surface area contributed by atoms with E-state index in [1.807, 2.05) is 50.2 Å². The number of rotatable bonds is 15. The van der Waals surface area contributed by atoms with Crippen LogP contribution in [-0.2, 0) is 11.2 Å². The van der Waals surface area contributed by atoms with Crippen molar-refractivity contribution >= 4 is 17.5 Å². The summed E-state index contributed by atoms with van der Waals surface area (Å²) in [5.41, 5.74) is 2.10. The van der Waals surface area contributed by atoms with E-state index in [4.69, 9.17) is 4.74 Å². The zero-order valence-electron chi connectivity index (χ0n) is 24.3. The first kappa shape index (κ1) is 30.6. The molecular weight excluding hydrogens is 490 g/mol. The molecule has 1 saturated heterocycles. The Bertz CT molecular complexity index is 1060. The average Bonchev–Trinajstić information content (AvgIpc) is 3.32. The van der Waals surface area contributed by atoms with Gasteiger partial charge in [-0.15, -0.1) is 0 Å². The number of hydrogen-bond acceptors (Lipinski definition) is 5. The molecule has 39 heavy (non-hydrogen) atoms. The molecule has 2 aromatic carbocycles. The Labute approximate surface area is 234 Å². The number of benzene rings is 2. The zero-order valence-corrected chi connectivity index (χ0v) is 24.3. The molecule has 1 fully saturated rings. The summed E-state index contributed by atoms with van der Waals surface area (Å²) in [5.74, 6) is 0.974. The second kappa shape index (κ2) is 15.0. The molecule has 2 amide bonds. The topological polar surface area (TPSA) is 90.9 Å². The third kappa shape index (κ3) is 9.97. The number of carbonyl (C=O) groups excluding carboxylic acids is 2. The molecule has 1 aliphatic rings.